The first-order valence-corrected chi connectivity index (χ1v) is 3.95. The molecule has 13 heavy (non-hydrogen) atoms. The fraction of sp³-hybridized carbons (Fsp3) is 0.200. The van der Waals surface area contributed by atoms with E-state index in [1.54, 1.807) is 12.1 Å². The molecule has 3 nitrogen and oxygen atoms in total. The van der Waals surface area contributed by atoms with E-state index < -0.39 is 0 Å². The van der Waals surface area contributed by atoms with Crippen molar-refractivity contribution in [1.82, 2.24) is 0 Å². The van der Waals surface area contributed by atoms with Gasteiger partial charge in [0.25, 0.3) is 0 Å². The molecule has 0 N–H and O–H groups in total. The molecular formula is C10H10N2O. The zero-order valence-corrected chi connectivity index (χ0v) is 7.61. The molecule has 1 aromatic carbocycles. The van der Waals surface area contributed by atoms with Crippen LogP contribution >= 0.6 is 0 Å². The lowest BCUT2D eigenvalue weighted by atomic mass is 10.1. The Labute approximate surface area is 76.6 Å². The van der Waals surface area contributed by atoms with E-state index in [4.69, 9.17) is 5.53 Å². The second kappa shape index (κ2) is 3.78. The summed E-state index contributed by atoms with van der Waals surface area (Å²) in [6.07, 6.45) is 0. The first kappa shape index (κ1) is 9.36. The Morgan fingerprint density at radius 1 is 1.46 bits per heavy atom. The van der Waals surface area contributed by atoms with Gasteiger partial charge in [0.05, 0.1) is 5.56 Å². The molecule has 0 aromatic heterocycles. The minimum absolute atomic E-state index is 0.101. The summed E-state index contributed by atoms with van der Waals surface area (Å²) in [6, 6.07) is 7.28. The summed E-state index contributed by atoms with van der Waals surface area (Å²) < 4.78 is 0. The van der Waals surface area contributed by atoms with E-state index in [1.807, 2.05) is 19.1 Å². The molecule has 0 heterocycles. The van der Waals surface area contributed by atoms with Gasteiger partial charge in [0.1, 0.15) is 0 Å². The van der Waals surface area contributed by atoms with Crippen LogP contribution in [0.15, 0.2) is 24.3 Å². The fourth-order valence-corrected chi connectivity index (χ4v) is 1.12. The zero-order valence-electron chi connectivity index (χ0n) is 7.61. The van der Waals surface area contributed by atoms with Crippen molar-refractivity contribution in [3.8, 4) is 0 Å². The fourth-order valence-electron chi connectivity index (χ4n) is 1.12. The van der Waals surface area contributed by atoms with E-state index in [2.05, 4.69) is 4.79 Å². The van der Waals surface area contributed by atoms with Crippen LogP contribution in [-0.4, -0.2) is 16.3 Å². The second-order valence-electron chi connectivity index (χ2n) is 2.87. The maximum absolute atomic E-state index is 11.0. The normalized spacial score (nSPS) is 9.08. The Kier molecular flexibility index (Phi) is 2.72. The number of hydrogen-bond donors (Lipinski definition) is 0. The predicted molar refractivity (Wildman–Crippen MR) is 49.6 cm³/mol. The molecule has 0 aliphatic carbocycles. The highest BCUT2D eigenvalue weighted by Crippen LogP contribution is 2.04. The number of carbonyl (C=O) groups is 1. The Bertz CT molecular complexity index is 390. The van der Waals surface area contributed by atoms with Crippen LogP contribution in [0.3, 0.4) is 0 Å². The lowest BCUT2D eigenvalue weighted by Gasteiger charge is -1.94. The highest BCUT2D eigenvalue weighted by molar-refractivity contribution is 6.43. The summed E-state index contributed by atoms with van der Waals surface area (Å²) in [5, 5.41) is 0. The van der Waals surface area contributed by atoms with E-state index >= 15 is 0 Å². The molecule has 0 spiro atoms. The van der Waals surface area contributed by atoms with Crippen molar-refractivity contribution in [3.05, 3.63) is 40.9 Å². The van der Waals surface area contributed by atoms with Gasteiger partial charge in [0.2, 0.25) is 5.78 Å². The summed E-state index contributed by atoms with van der Waals surface area (Å²) in [4.78, 5) is 14.0. The largest absolute Gasteiger partial charge is 0.364 e. The van der Waals surface area contributed by atoms with Crippen LogP contribution < -0.4 is 0 Å². The van der Waals surface area contributed by atoms with Crippen molar-refractivity contribution in [2.45, 2.75) is 13.8 Å². The van der Waals surface area contributed by atoms with E-state index in [9.17, 15) is 4.79 Å². The Hall–Kier alpha value is -1.73. The van der Waals surface area contributed by atoms with Crippen molar-refractivity contribution in [2.24, 2.45) is 0 Å². The lowest BCUT2D eigenvalue weighted by molar-refractivity contribution is -0.115. The van der Waals surface area contributed by atoms with Gasteiger partial charge < -0.3 is 5.53 Å². The topological polar surface area (TPSA) is 53.5 Å². The summed E-state index contributed by atoms with van der Waals surface area (Å²) in [7, 11) is 0. The quantitative estimate of drug-likeness (QED) is 0.381. The maximum atomic E-state index is 11.0. The molecule has 0 fully saturated rings. The highest BCUT2D eigenvalue weighted by atomic mass is 16.1. The third kappa shape index (κ3) is 2.10. The van der Waals surface area contributed by atoms with Gasteiger partial charge in [-0.25, -0.2) is 0 Å². The summed E-state index contributed by atoms with van der Waals surface area (Å²) in [5.74, 6) is -0.242. The molecule has 0 aliphatic heterocycles. The van der Waals surface area contributed by atoms with Crippen LogP contribution in [0.4, 0.5) is 0 Å². The second-order valence-corrected chi connectivity index (χ2v) is 2.87. The Morgan fingerprint density at radius 2 is 2.15 bits per heavy atom. The number of carbonyl (C=O) groups excluding carboxylic acids is 1. The Morgan fingerprint density at radius 3 is 2.62 bits per heavy atom. The van der Waals surface area contributed by atoms with Gasteiger partial charge in [-0.05, 0) is 19.1 Å². The highest BCUT2D eigenvalue weighted by Gasteiger charge is 2.17. The molecule has 0 atom stereocenters. The van der Waals surface area contributed by atoms with Gasteiger partial charge in [-0.1, -0.05) is 17.7 Å². The number of hydrogen-bond acceptors (Lipinski definition) is 1. The minimum atomic E-state index is -0.242. The van der Waals surface area contributed by atoms with E-state index in [0.717, 1.165) is 5.56 Å². The van der Waals surface area contributed by atoms with Crippen molar-refractivity contribution in [1.29, 1.82) is 0 Å². The van der Waals surface area contributed by atoms with Gasteiger partial charge in [0, 0.05) is 6.92 Å². The average molecular weight is 174 g/mol. The van der Waals surface area contributed by atoms with Crippen LogP contribution in [-0.2, 0) is 4.79 Å². The molecule has 1 aromatic rings. The van der Waals surface area contributed by atoms with Gasteiger partial charge in [-0.15, -0.1) is 0 Å². The smallest absolute Gasteiger partial charge is 0.361 e. The SMILES string of the molecule is CC(=O)C(=[N+]=[N-])c1cccc(C)c1. The van der Waals surface area contributed by atoms with Gasteiger partial charge >= 0.3 is 5.71 Å². The molecule has 1 rings (SSSR count). The van der Waals surface area contributed by atoms with Crippen molar-refractivity contribution >= 4 is 11.5 Å². The Balaban J connectivity index is 3.21. The molecule has 66 valence electrons. The zero-order chi connectivity index (χ0) is 9.84. The molecular weight excluding hydrogens is 164 g/mol. The molecule has 0 radical (unpaired) electrons. The molecule has 0 aliphatic rings. The van der Waals surface area contributed by atoms with Crippen molar-refractivity contribution < 1.29 is 9.58 Å². The predicted octanol–water partition coefficient (Wildman–Crippen LogP) is 1.60. The number of ketones is 1. The first-order valence-electron chi connectivity index (χ1n) is 3.95. The average Bonchev–Trinajstić information content (AvgIpc) is 2.04. The first-order chi connectivity index (χ1) is 6.15. The third-order valence-corrected chi connectivity index (χ3v) is 1.72. The number of nitrogens with zero attached hydrogens (tertiary/aromatic N) is 2. The van der Waals surface area contributed by atoms with Crippen LogP contribution in [0, 0.1) is 6.92 Å². The van der Waals surface area contributed by atoms with E-state index in [1.165, 1.54) is 6.92 Å². The molecule has 0 unspecified atom stereocenters. The van der Waals surface area contributed by atoms with E-state index in [-0.39, 0.29) is 11.5 Å². The van der Waals surface area contributed by atoms with Crippen LogP contribution in [0.1, 0.15) is 18.1 Å². The molecule has 0 bridgehead atoms. The number of rotatable bonds is 2. The lowest BCUT2D eigenvalue weighted by Crippen LogP contribution is -2.12. The minimum Gasteiger partial charge on any atom is -0.361 e. The molecule has 0 saturated heterocycles. The monoisotopic (exact) mass is 174 g/mol. The van der Waals surface area contributed by atoms with Gasteiger partial charge in [-0.2, -0.15) is 4.79 Å². The number of benzene rings is 1. The summed E-state index contributed by atoms with van der Waals surface area (Å²) in [5.41, 5.74) is 10.4. The van der Waals surface area contributed by atoms with Gasteiger partial charge in [0.15, 0.2) is 0 Å². The number of aryl methyl sites for hydroxylation is 1. The third-order valence-electron chi connectivity index (χ3n) is 1.72. The van der Waals surface area contributed by atoms with Crippen LogP contribution in [0.2, 0.25) is 0 Å². The number of Topliss-reactive ketones (excluding diaryl/α,β-unsaturated/α-hetero) is 1. The van der Waals surface area contributed by atoms with Crippen molar-refractivity contribution in [2.75, 3.05) is 0 Å². The molecule has 0 saturated carbocycles. The molecule has 0 amide bonds. The molecule has 3 heteroatoms. The van der Waals surface area contributed by atoms with Crippen molar-refractivity contribution in [3.63, 3.8) is 0 Å². The maximum Gasteiger partial charge on any atom is 0.364 e. The summed E-state index contributed by atoms with van der Waals surface area (Å²) >= 11 is 0. The van der Waals surface area contributed by atoms with Crippen LogP contribution in [0.25, 0.3) is 5.53 Å². The summed E-state index contributed by atoms with van der Waals surface area (Å²) in [6.45, 7) is 3.29. The van der Waals surface area contributed by atoms with Gasteiger partial charge in [-0.3, -0.25) is 4.79 Å². The van der Waals surface area contributed by atoms with Crippen LogP contribution in [0.5, 0.6) is 0 Å². The standard InChI is InChI=1S/C10H10N2O/c1-7-4-3-5-9(6-7)10(12-11)8(2)13/h3-6H,1-2H3. The van der Waals surface area contributed by atoms with E-state index in [0.29, 0.717) is 5.56 Å².